The third-order valence-electron chi connectivity index (χ3n) is 4.41. The van der Waals surface area contributed by atoms with Gasteiger partial charge in [0.15, 0.2) is 21.9 Å². The second-order valence-electron chi connectivity index (χ2n) is 6.62. The number of amides is 1. The highest BCUT2D eigenvalue weighted by Crippen LogP contribution is 2.29. The van der Waals surface area contributed by atoms with E-state index in [2.05, 4.69) is 20.5 Å². The second-order valence-corrected chi connectivity index (χ2v) is 8.78. The zero-order valence-corrected chi connectivity index (χ0v) is 18.2. The quantitative estimate of drug-likeness (QED) is 0.408. The van der Waals surface area contributed by atoms with E-state index in [0.29, 0.717) is 21.5 Å². The Hall–Kier alpha value is -3.11. The molecule has 0 saturated heterocycles. The summed E-state index contributed by atoms with van der Waals surface area (Å²) < 4.78 is 28.5. The number of nitrogens with one attached hydrogen (secondary N) is 1. The van der Waals surface area contributed by atoms with Crippen LogP contribution < -0.4 is 5.32 Å². The lowest BCUT2D eigenvalue weighted by molar-refractivity contribution is -0.115. The minimum absolute atomic E-state index is 0.253. The SMILES string of the molecule is Cc1nnc(S[C@H](C)C(=O)Nc2nc(-c3ccc(F)c(F)c3)cs2)n1-c1ccccc1. The highest BCUT2D eigenvalue weighted by Gasteiger charge is 2.21. The number of hydrogen-bond acceptors (Lipinski definition) is 6. The van der Waals surface area contributed by atoms with Crippen molar-refractivity contribution >= 4 is 34.1 Å². The van der Waals surface area contributed by atoms with Crippen LogP contribution in [-0.4, -0.2) is 30.9 Å². The van der Waals surface area contributed by atoms with Crippen molar-refractivity contribution in [3.63, 3.8) is 0 Å². The van der Waals surface area contributed by atoms with Gasteiger partial charge in [0.1, 0.15) is 5.82 Å². The summed E-state index contributed by atoms with van der Waals surface area (Å²) in [6, 6.07) is 13.2. The van der Waals surface area contributed by atoms with Gasteiger partial charge < -0.3 is 5.32 Å². The van der Waals surface area contributed by atoms with E-state index in [-0.39, 0.29) is 5.91 Å². The zero-order chi connectivity index (χ0) is 22.0. The fourth-order valence-electron chi connectivity index (χ4n) is 2.83. The summed E-state index contributed by atoms with van der Waals surface area (Å²) in [5.41, 5.74) is 1.81. The predicted molar refractivity (Wildman–Crippen MR) is 118 cm³/mol. The predicted octanol–water partition coefficient (Wildman–Crippen LogP) is 5.10. The van der Waals surface area contributed by atoms with Crippen molar-refractivity contribution in [2.45, 2.75) is 24.3 Å². The van der Waals surface area contributed by atoms with E-state index >= 15 is 0 Å². The lowest BCUT2D eigenvalue weighted by atomic mass is 10.2. The molecule has 2 heterocycles. The van der Waals surface area contributed by atoms with Gasteiger partial charge in [0.25, 0.3) is 0 Å². The lowest BCUT2D eigenvalue weighted by Gasteiger charge is -2.12. The number of halogens is 2. The average Bonchev–Trinajstić information content (AvgIpc) is 3.37. The molecule has 0 bridgehead atoms. The third-order valence-corrected chi connectivity index (χ3v) is 6.21. The maximum absolute atomic E-state index is 13.5. The number of nitrogens with zero attached hydrogens (tertiary/aromatic N) is 4. The number of aromatic nitrogens is 4. The Bertz CT molecular complexity index is 1230. The molecule has 6 nitrogen and oxygen atoms in total. The second kappa shape index (κ2) is 8.94. The molecule has 2 aromatic heterocycles. The molecule has 0 saturated carbocycles. The standard InChI is InChI=1S/C21H17F2N5OS2/c1-12(31-21-27-26-13(2)28(21)15-6-4-3-5-7-15)19(29)25-20-24-18(11-30-20)14-8-9-16(22)17(23)10-14/h3-12H,1-2H3,(H,24,25,29)/t12-/m1/s1. The van der Waals surface area contributed by atoms with Gasteiger partial charge in [0, 0.05) is 16.6 Å². The molecule has 0 aliphatic rings. The van der Waals surface area contributed by atoms with Crippen LogP contribution >= 0.6 is 23.1 Å². The van der Waals surface area contributed by atoms with Crippen molar-refractivity contribution in [2.75, 3.05) is 5.32 Å². The van der Waals surface area contributed by atoms with Gasteiger partial charge in [-0.3, -0.25) is 9.36 Å². The summed E-state index contributed by atoms with van der Waals surface area (Å²) in [6.45, 7) is 3.62. The monoisotopic (exact) mass is 457 g/mol. The molecule has 4 aromatic rings. The van der Waals surface area contributed by atoms with E-state index in [1.807, 2.05) is 41.8 Å². The smallest absolute Gasteiger partial charge is 0.239 e. The van der Waals surface area contributed by atoms with Gasteiger partial charge in [0.05, 0.1) is 10.9 Å². The summed E-state index contributed by atoms with van der Waals surface area (Å²) >= 11 is 2.49. The first-order valence-electron chi connectivity index (χ1n) is 9.28. The zero-order valence-electron chi connectivity index (χ0n) is 16.5. The fraction of sp³-hybridized carbons (Fsp3) is 0.143. The Morgan fingerprint density at radius 3 is 2.65 bits per heavy atom. The van der Waals surface area contributed by atoms with Crippen molar-refractivity contribution in [2.24, 2.45) is 0 Å². The van der Waals surface area contributed by atoms with Crippen LogP contribution in [0.1, 0.15) is 12.7 Å². The largest absolute Gasteiger partial charge is 0.301 e. The molecule has 2 aromatic carbocycles. The summed E-state index contributed by atoms with van der Waals surface area (Å²) in [5, 5.41) is 13.3. The average molecular weight is 458 g/mol. The number of para-hydroxylation sites is 1. The number of hydrogen-bond donors (Lipinski definition) is 1. The number of carbonyl (C=O) groups is 1. The number of anilines is 1. The molecule has 10 heteroatoms. The maximum atomic E-state index is 13.5. The number of benzene rings is 2. The lowest BCUT2D eigenvalue weighted by Crippen LogP contribution is -2.22. The van der Waals surface area contributed by atoms with Crippen LogP contribution in [0.5, 0.6) is 0 Å². The van der Waals surface area contributed by atoms with E-state index in [4.69, 9.17) is 0 Å². The Kier molecular flexibility index (Phi) is 6.10. The summed E-state index contributed by atoms with van der Waals surface area (Å²) in [6.07, 6.45) is 0. The Balaban J connectivity index is 1.46. The molecule has 1 amide bonds. The van der Waals surface area contributed by atoms with Gasteiger partial charge in [0.2, 0.25) is 5.91 Å². The molecule has 0 radical (unpaired) electrons. The number of rotatable bonds is 6. The Morgan fingerprint density at radius 1 is 1.13 bits per heavy atom. The topological polar surface area (TPSA) is 72.7 Å². The highest BCUT2D eigenvalue weighted by molar-refractivity contribution is 8.00. The van der Waals surface area contributed by atoms with Gasteiger partial charge in [-0.05, 0) is 44.2 Å². The van der Waals surface area contributed by atoms with Crippen LogP contribution in [0.2, 0.25) is 0 Å². The molecular formula is C21H17F2N5OS2. The summed E-state index contributed by atoms with van der Waals surface area (Å²) in [7, 11) is 0. The van der Waals surface area contributed by atoms with Crippen LogP contribution in [0.3, 0.4) is 0 Å². The first-order valence-corrected chi connectivity index (χ1v) is 11.0. The molecule has 0 aliphatic heterocycles. The van der Waals surface area contributed by atoms with Crippen molar-refractivity contribution in [1.82, 2.24) is 19.7 Å². The molecule has 1 N–H and O–H groups in total. The Labute approximate surface area is 185 Å². The molecule has 158 valence electrons. The number of thioether (sulfide) groups is 1. The molecular weight excluding hydrogens is 440 g/mol. The maximum Gasteiger partial charge on any atom is 0.239 e. The van der Waals surface area contributed by atoms with Crippen molar-refractivity contribution in [1.29, 1.82) is 0 Å². The number of carbonyl (C=O) groups excluding carboxylic acids is 1. The van der Waals surface area contributed by atoms with Crippen LogP contribution in [0.25, 0.3) is 16.9 Å². The van der Waals surface area contributed by atoms with Gasteiger partial charge in [-0.25, -0.2) is 13.8 Å². The molecule has 0 unspecified atom stereocenters. The van der Waals surface area contributed by atoms with E-state index in [9.17, 15) is 13.6 Å². The van der Waals surface area contributed by atoms with Crippen molar-refractivity contribution in [3.8, 4) is 16.9 Å². The van der Waals surface area contributed by atoms with Crippen molar-refractivity contribution < 1.29 is 13.6 Å². The van der Waals surface area contributed by atoms with Gasteiger partial charge in [-0.2, -0.15) is 0 Å². The highest BCUT2D eigenvalue weighted by atomic mass is 32.2. The van der Waals surface area contributed by atoms with Gasteiger partial charge in [-0.15, -0.1) is 21.5 Å². The molecule has 0 spiro atoms. The molecule has 31 heavy (non-hydrogen) atoms. The van der Waals surface area contributed by atoms with Crippen LogP contribution in [0.4, 0.5) is 13.9 Å². The minimum Gasteiger partial charge on any atom is -0.301 e. The fourth-order valence-corrected chi connectivity index (χ4v) is 4.47. The van der Waals surface area contributed by atoms with E-state index in [1.54, 1.807) is 12.3 Å². The van der Waals surface area contributed by atoms with E-state index in [0.717, 1.165) is 23.6 Å². The normalized spacial score (nSPS) is 12.0. The molecule has 1 atom stereocenters. The van der Waals surface area contributed by atoms with Crippen LogP contribution in [-0.2, 0) is 4.79 Å². The van der Waals surface area contributed by atoms with Crippen LogP contribution in [0, 0.1) is 18.6 Å². The summed E-state index contributed by atoms with van der Waals surface area (Å²) in [4.78, 5) is 17.0. The first kappa shape index (κ1) is 21.1. The molecule has 0 fully saturated rings. The van der Waals surface area contributed by atoms with Crippen LogP contribution in [0.15, 0.2) is 59.1 Å². The van der Waals surface area contributed by atoms with Crippen molar-refractivity contribution in [3.05, 3.63) is 71.4 Å². The minimum atomic E-state index is -0.945. The third kappa shape index (κ3) is 4.64. The Morgan fingerprint density at radius 2 is 1.90 bits per heavy atom. The first-order chi connectivity index (χ1) is 14.9. The van der Waals surface area contributed by atoms with Gasteiger partial charge in [-0.1, -0.05) is 30.0 Å². The number of aryl methyl sites for hydroxylation is 1. The summed E-state index contributed by atoms with van der Waals surface area (Å²) in [5.74, 6) is -1.40. The molecule has 0 aliphatic carbocycles. The van der Waals surface area contributed by atoms with Gasteiger partial charge >= 0.3 is 0 Å². The number of thiazole rings is 1. The van der Waals surface area contributed by atoms with E-state index in [1.165, 1.54) is 29.2 Å². The molecule has 4 rings (SSSR count). The van der Waals surface area contributed by atoms with E-state index < -0.39 is 16.9 Å².